The molecule has 0 saturated heterocycles. The van der Waals surface area contributed by atoms with E-state index in [1.807, 2.05) is 0 Å². The molecule has 0 fully saturated rings. The second-order valence-electron chi connectivity index (χ2n) is 6.04. The SMILES string of the molecule is CC(=O)Nc1ccc(NC(=O)[C@H](C)OC(=O)CNC(=O)c2ccccc2F)cc1. The number of halogens is 1. The van der Waals surface area contributed by atoms with Crippen LogP contribution in [0.1, 0.15) is 24.2 Å². The highest BCUT2D eigenvalue weighted by molar-refractivity contribution is 5.97. The van der Waals surface area contributed by atoms with Crippen LogP contribution in [0.5, 0.6) is 0 Å². The van der Waals surface area contributed by atoms with Gasteiger partial charge in [-0.25, -0.2) is 4.39 Å². The van der Waals surface area contributed by atoms with Gasteiger partial charge in [-0.2, -0.15) is 0 Å². The number of rotatable bonds is 7. The molecule has 3 amide bonds. The van der Waals surface area contributed by atoms with Crippen LogP contribution in [0.2, 0.25) is 0 Å². The lowest BCUT2D eigenvalue weighted by atomic mass is 10.2. The largest absolute Gasteiger partial charge is 0.451 e. The van der Waals surface area contributed by atoms with E-state index >= 15 is 0 Å². The lowest BCUT2D eigenvalue weighted by molar-refractivity contribution is -0.152. The molecule has 0 aliphatic rings. The molecule has 1 atom stereocenters. The maximum atomic E-state index is 13.5. The van der Waals surface area contributed by atoms with Crippen molar-refractivity contribution in [2.75, 3.05) is 17.2 Å². The molecule has 29 heavy (non-hydrogen) atoms. The summed E-state index contributed by atoms with van der Waals surface area (Å²) in [4.78, 5) is 46.8. The lowest BCUT2D eigenvalue weighted by Crippen LogP contribution is -2.36. The molecule has 9 heteroatoms. The van der Waals surface area contributed by atoms with Crippen molar-refractivity contribution in [1.82, 2.24) is 5.32 Å². The van der Waals surface area contributed by atoms with E-state index < -0.39 is 36.2 Å². The first kappa shape index (κ1) is 21.5. The second-order valence-corrected chi connectivity index (χ2v) is 6.04. The first-order valence-electron chi connectivity index (χ1n) is 8.67. The van der Waals surface area contributed by atoms with Gasteiger partial charge in [-0.1, -0.05) is 12.1 Å². The standard InChI is InChI=1S/C20H20FN3O5/c1-12(19(27)24-15-9-7-14(8-10-15)23-13(2)25)29-18(26)11-22-20(28)16-5-3-4-6-17(16)21/h3-10,12H,11H2,1-2H3,(H,22,28)(H,23,25)(H,24,27)/t12-/m0/s1. The van der Waals surface area contributed by atoms with Crippen LogP contribution in [0, 0.1) is 5.82 Å². The molecule has 8 nitrogen and oxygen atoms in total. The number of hydrogen-bond acceptors (Lipinski definition) is 5. The van der Waals surface area contributed by atoms with E-state index in [1.54, 1.807) is 24.3 Å². The molecule has 0 aliphatic carbocycles. The van der Waals surface area contributed by atoms with E-state index in [0.29, 0.717) is 11.4 Å². The minimum Gasteiger partial charge on any atom is -0.451 e. The molecule has 2 aromatic carbocycles. The van der Waals surface area contributed by atoms with Crippen LogP contribution in [0.3, 0.4) is 0 Å². The van der Waals surface area contributed by atoms with Crippen LogP contribution in [-0.4, -0.2) is 36.3 Å². The third-order valence-electron chi connectivity index (χ3n) is 3.66. The Morgan fingerprint density at radius 3 is 2.14 bits per heavy atom. The minimum absolute atomic E-state index is 0.200. The van der Waals surface area contributed by atoms with E-state index in [1.165, 1.54) is 32.0 Å². The Hall–Kier alpha value is -3.75. The molecule has 0 saturated carbocycles. The fourth-order valence-electron chi connectivity index (χ4n) is 2.27. The van der Waals surface area contributed by atoms with E-state index in [9.17, 15) is 23.6 Å². The zero-order chi connectivity index (χ0) is 21.4. The summed E-state index contributed by atoms with van der Waals surface area (Å²) in [6.45, 7) is 2.23. The molecule has 0 aromatic heterocycles. The Kier molecular flexibility index (Phi) is 7.41. The van der Waals surface area contributed by atoms with Gasteiger partial charge in [0.2, 0.25) is 5.91 Å². The Balaban J connectivity index is 1.81. The van der Waals surface area contributed by atoms with Crippen molar-refractivity contribution in [3.8, 4) is 0 Å². The molecular weight excluding hydrogens is 381 g/mol. The quantitative estimate of drug-likeness (QED) is 0.615. The predicted octanol–water partition coefficient (Wildman–Crippen LogP) is 2.08. The van der Waals surface area contributed by atoms with Crippen molar-refractivity contribution in [2.45, 2.75) is 20.0 Å². The Morgan fingerprint density at radius 2 is 1.55 bits per heavy atom. The number of nitrogens with one attached hydrogen (secondary N) is 3. The normalized spacial score (nSPS) is 11.1. The van der Waals surface area contributed by atoms with Crippen LogP contribution in [0.15, 0.2) is 48.5 Å². The van der Waals surface area contributed by atoms with Gasteiger partial charge < -0.3 is 20.7 Å². The molecule has 2 aromatic rings. The molecule has 0 aliphatic heterocycles. The Bertz CT molecular complexity index is 915. The van der Waals surface area contributed by atoms with Gasteiger partial charge in [0, 0.05) is 18.3 Å². The van der Waals surface area contributed by atoms with Crippen LogP contribution < -0.4 is 16.0 Å². The Morgan fingerprint density at radius 1 is 0.966 bits per heavy atom. The highest BCUT2D eigenvalue weighted by Crippen LogP contribution is 2.14. The molecule has 0 radical (unpaired) electrons. The molecule has 0 bridgehead atoms. The summed E-state index contributed by atoms with van der Waals surface area (Å²) in [5.74, 6) is -3.12. The van der Waals surface area contributed by atoms with Crippen molar-refractivity contribution >= 4 is 35.1 Å². The summed E-state index contributed by atoms with van der Waals surface area (Å²) < 4.78 is 18.5. The van der Waals surface area contributed by atoms with Crippen molar-refractivity contribution in [1.29, 1.82) is 0 Å². The highest BCUT2D eigenvalue weighted by Gasteiger charge is 2.19. The van der Waals surface area contributed by atoms with Crippen molar-refractivity contribution in [3.05, 3.63) is 59.9 Å². The summed E-state index contributed by atoms with van der Waals surface area (Å²) in [5.41, 5.74) is 0.814. The molecule has 0 unspecified atom stereocenters. The van der Waals surface area contributed by atoms with Crippen molar-refractivity contribution in [3.63, 3.8) is 0 Å². The van der Waals surface area contributed by atoms with E-state index in [2.05, 4.69) is 16.0 Å². The maximum absolute atomic E-state index is 13.5. The molecule has 2 rings (SSSR count). The first-order valence-corrected chi connectivity index (χ1v) is 8.67. The van der Waals surface area contributed by atoms with Crippen LogP contribution in [0.4, 0.5) is 15.8 Å². The molecule has 0 heterocycles. The number of carbonyl (C=O) groups excluding carboxylic acids is 4. The van der Waals surface area contributed by atoms with Crippen LogP contribution >= 0.6 is 0 Å². The second kappa shape index (κ2) is 9.98. The Labute approximate surface area is 166 Å². The number of hydrogen-bond donors (Lipinski definition) is 3. The van der Waals surface area contributed by atoms with Gasteiger partial charge in [-0.15, -0.1) is 0 Å². The average molecular weight is 401 g/mol. The van der Waals surface area contributed by atoms with Gasteiger partial charge >= 0.3 is 5.97 Å². The maximum Gasteiger partial charge on any atom is 0.326 e. The van der Waals surface area contributed by atoms with Gasteiger partial charge in [0.05, 0.1) is 5.56 Å². The van der Waals surface area contributed by atoms with Gasteiger partial charge in [0.15, 0.2) is 6.10 Å². The molecule has 0 spiro atoms. The number of esters is 1. The number of carbonyl (C=O) groups is 4. The fraction of sp³-hybridized carbons (Fsp3) is 0.200. The summed E-state index contributed by atoms with van der Waals surface area (Å²) in [6, 6.07) is 11.7. The third kappa shape index (κ3) is 6.73. The molecule has 152 valence electrons. The number of benzene rings is 2. The first-order chi connectivity index (χ1) is 13.8. The summed E-state index contributed by atoms with van der Waals surface area (Å²) in [6.07, 6.45) is -1.12. The fourth-order valence-corrected chi connectivity index (χ4v) is 2.27. The lowest BCUT2D eigenvalue weighted by Gasteiger charge is -2.14. The van der Waals surface area contributed by atoms with E-state index in [-0.39, 0.29) is 11.5 Å². The van der Waals surface area contributed by atoms with Gasteiger partial charge in [0.25, 0.3) is 11.8 Å². The zero-order valence-corrected chi connectivity index (χ0v) is 15.8. The van der Waals surface area contributed by atoms with Crippen molar-refractivity contribution in [2.24, 2.45) is 0 Å². The smallest absolute Gasteiger partial charge is 0.326 e. The predicted molar refractivity (Wildman–Crippen MR) is 104 cm³/mol. The molecular formula is C20H20FN3O5. The van der Waals surface area contributed by atoms with Gasteiger partial charge in [0.1, 0.15) is 12.4 Å². The van der Waals surface area contributed by atoms with Crippen LogP contribution in [0.25, 0.3) is 0 Å². The molecule has 3 N–H and O–H groups in total. The summed E-state index contributed by atoms with van der Waals surface area (Å²) in [5, 5.41) is 7.39. The number of amides is 3. The highest BCUT2D eigenvalue weighted by atomic mass is 19.1. The van der Waals surface area contributed by atoms with Crippen molar-refractivity contribution < 1.29 is 28.3 Å². The van der Waals surface area contributed by atoms with Crippen LogP contribution in [-0.2, 0) is 19.1 Å². The summed E-state index contributed by atoms with van der Waals surface area (Å²) >= 11 is 0. The minimum atomic E-state index is -1.12. The summed E-state index contributed by atoms with van der Waals surface area (Å²) in [7, 11) is 0. The topological polar surface area (TPSA) is 114 Å². The van der Waals surface area contributed by atoms with Gasteiger partial charge in [-0.3, -0.25) is 19.2 Å². The van der Waals surface area contributed by atoms with E-state index in [0.717, 1.165) is 6.07 Å². The zero-order valence-electron chi connectivity index (χ0n) is 15.8. The van der Waals surface area contributed by atoms with Gasteiger partial charge in [-0.05, 0) is 43.3 Å². The monoisotopic (exact) mass is 401 g/mol. The third-order valence-corrected chi connectivity index (χ3v) is 3.66. The number of anilines is 2. The number of ether oxygens (including phenoxy) is 1. The van der Waals surface area contributed by atoms with E-state index in [4.69, 9.17) is 4.74 Å². The average Bonchev–Trinajstić information content (AvgIpc) is 2.67.